The number of likely N-dealkylation sites (N-methyl/N-ethyl adjacent to an activating group) is 1. The van der Waals surface area contributed by atoms with Crippen LogP contribution in [-0.4, -0.2) is 43.1 Å². The molecule has 1 aromatic carbocycles. The van der Waals surface area contributed by atoms with Crippen LogP contribution >= 0.6 is 0 Å². The average molecular weight is 332 g/mol. The van der Waals surface area contributed by atoms with Crippen molar-refractivity contribution in [3.05, 3.63) is 29.8 Å². The Kier molecular flexibility index (Phi) is 7.68. The van der Waals surface area contributed by atoms with Crippen molar-refractivity contribution in [1.82, 2.24) is 5.01 Å². The summed E-state index contributed by atoms with van der Waals surface area (Å²) in [4.78, 5) is 10.8. The zero-order valence-corrected chi connectivity index (χ0v) is 14.4. The van der Waals surface area contributed by atoms with Crippen LogP contribution in [0.25, 0.3) is 0 Å². The Morgan fingerprint density at radius 2 is 1.73 bits per heavy atom. The average Bonchev–Trinajstić information content (AvgIpc) is 2.24. The van der Waals surface area contributed by atoms with Gasteiger partial charge in [0.05, 0.1) is 4.90 Å². The Balaban J connectivity index is 0.000000401. The van der Waals surface area contributed by atoms with E-state index >= 15 is 0 Å². The number of rotatable bonds is 3. The molecule has 0 unspecified atom stereocenters. The van der Waals surface area contributed by atoms with Crippen LogP contribution in [0.15, 0.2) is 29.2 Å². The Labute approximate surface area is 131 Å². The second-order valence-electron chi connectivity index (χ2n) is 5.87. The molecular formula is C14H24N2O5S. The number of quaternary nitrogens is 1. The van der Waals surface area contributed by atoms with Gasteiger partial charge in [0.2, 0.25) is 0 Å². The van der Waals surface area contributed by atoms with E-state index in [0.717, 1.165) is 5.56 Å². The van der Waals surface area contributed by atoms with E-state index in [1.54, 1.807) is 19.2 Å². The molecule has 126 valence electrons. The molecule has 0 fully saturated rings. The largest absolute Gasteiger partial charge is 0.744 e. The Morgan fingerprint density at radius 1 is 1.27 bits per heavy atom. The molecule has 0 heterocycles. The zero-order chi connectivity index (χ0) is 17.6. The molecule has 0 amide bonds. The van der Waals surface area contributed by atoms with Crippen molar-refractivity contribution in [1.29, 1.82) is 0 Å². The number of carbonyl (C=O) groups excluding carboxylic acids is 1. The summed E-state index contributed by atoms with van der Waals surface area (Å²) < 4.78 is 36.2. The lowest BCUT2D eigenvalue weighted by Gasteiger charge is -2.19. The van der Waals surface area contributed by atoms with E-state index < -0.39 is 15.7 Å². The summed E-state index contributed by atoms with van der Waals surface area (Å²) in [5.41, 5.74) is 0.532. The molecule has 0 aliphatic carbocycles. The van der Waals surface area contributed by atoms with Crippen LogP contribution < -0.4 is 5.84 Å². The number of ether oxygens (including phenoxy) is 1. The topological polar surface area (TPSA) is 114 Å². The highest BCUT2D eigenvalue weighted by atomic mass is 32.2. The maximum absolute atomic E-state index is 11.0. The number of carbonyl (C=O) groups is 1. The predicted molar refractivity (Wildman–Crippen MR) is 80.5 cm³/mol. The molecule has 3 N–H and O–H groups in total. The molecule has 1 rings (SSSR count). The van der Waals surface area contributed by atoms with Gasteiger partial charge in [0.1, 0.15) is 22.3 Å². The Morgan fingerprint density at radius 3 is 2.05 bits per heavy atom. The van der Waals surface area contributed by atoms with E-state index in [1.807, 2.05) is 27.7 Å². The summed E-state index contributed by atoms with van der Waals surface area (Å²) >= 11 is 0. The van der Waals surface area contributed by atoms with E-state index in [4.69, 9.17) is 4.74 Å². The van der Waals surface area contributed by atoms with Crippen molar-refractivity contribution in [2.24, 2.45) is 0 Å². The van der Waals surface area contributed by atoms with Gasteiger partial charge in [-0.3, -0.25) is 10.6 Å². The summed E-state index contributed by atoms with van der Waals surface area (Å²) in [5.74, 6) is 3.30. The van der Waals surface area contributed by atoms with Crippen molar-refractivity contribution < 1.29 is 28.3 Å². The molecule has 0 radical (unpaired) electrons. The normalized spacial score (nSPS) is 11.6. The first-order valence-electron chi connectivity index (χ1n) is 6.57. The molecule has 0 atom stereocenters. The van der Waals surface area contributed by atoms with Crippen LogP contribution in [-0.2, 0) is 19.6 Å². The third-order valence-corrected chi connectivity index (χ3v) is 2.98. The fourth-order valence-corrected chi connectivity index (χ4v) is 1.77. The molecule has 0 saturated carbocycles. The van der Waals surface area contributed by atoms with Gasteiger partial charge in [-0.25, -0.2) is 8.42 Å². The summed E-state index contributed by atoms with van der Waals surface area (Å²) in [7, 11) is -2.54. The molecule has 0 aromatic heterocycles. The highest BCUT2D eigenvalue weighted by Crippen LogP contribution is 2.08. The van der Waals surface area contributed by atoms with Gasteiger partial charge < -0.3 is 9.29 Å². The van der Waals surface area contributed by atoms with Crippen LogP contribution in [0.4, 0.5) is 0 Å². The molecule has 0 aliphatic rings. The van der Waals surface area contributed by atoms with Gasteiger partial charge in [-0.15, -0.1) is 0 Å². The number of benzene rings is 1. The molecule has 8 heteroatoms. The maximum atomic E-state index is 11.0. The number of esters is 1. The lowest BCUT2D eigenvalue weighted by Crippen LogP contribution is -2.66. The number of hydrogen-bond donors (Lipinski definition) is 1. The van der Waals surface area contributed by atoms with Crippen LogP contribution in [0.1, 0.15) is 26.3 Å². The summed E-state index contributed by atoms with van der Waals surface area (Å²) in [6.07, 6.45) is 0. The molecule has 0 spiro atoms. The monoisotopic (exact) mass is 332 g/mol. The lowest BCUT2D eigenvalue weighted by atomic mass is 10.2. The maximum Gasteiger partial charge on any atom is 0.326 e. The van der Waals surface area contributed by atoms with Crippen molar-refractivity contribution in [2.45, 2.75) is 38.2 Å². The highest BCUT2D eigenvalue weighted by Gasteiger charge is 2.17. The molecule has 7 nitrogen and oxygen atoms in total. The molecule has 1 aromatic rings. The fraction of sp³-hybridized carbons (Fsp3) is 0.500. The van der Waals surface area contributed by atoms with Crippen LogP contribution in [0.3, 0.4) is 0 Å². The standard InChI is InChI=1S/C7H16N2O2.C7H8O3S/c1-7(2,3)11-6(10)5-9(4)8;1-6-2-4-7(5-3-6)11(8,9)10/h5,8H2,1-4H3;2-5H,1H3,(H,8,9,10). The van der Waals surface area contributed by atoms with Gasteiger partial charge in [-0.05, 0) is 39.8 Å². The zero-order valence-electron chi connectivity index (χ0n) is 13.6. The summed E-state index contributed by atoms with van der Waals surface area (Å²) in [6, 6.07) is 5.78. The van der Waals surface area contributed by atoms with Gasteiger partial charge in [0.25, 0.3) is 0 Å². The van der Waals surface area contributed by atoms with E-state index in [2.05, 4.69) is 5.84 Å². The first kappa shape index (κ1) is 20.5. The van der Waals surface area contributed by atoms with E-state index in [0.29, 0.717) is 0 Å². The third-order valence-electron chi connectivity index (χ3n) is 2.13. The van der Waals surface area contributed by atoms with Crippen LogP contribution in [0.2, 0.25) is 0 Å². The highest BCUT2D eigenvalue weighted by molar-refractivity contribution is 7.85. The molecular weight excluding hydrogens is 308 g/mol. The van der Waals surface area contributed by atoms with Crippen LogP contribution in [0.5, 0.6) is 0 Å². The first-order chi connectivity index (χ1) is 9.81. The van der Waals surface area contributed by atoms with E-state index in [9.17, 15) is 17.8 Å². The second kappa shape index (κ2) is 8.23. The predicted octanol–water partition coefficient (Wildman–Crippen LogP) is 0.316. The summed E-state index contributed by atoms with van der Waals surface area (Å²) in [6.45, 7) is 7.58. The smallest absolute Gasteiger partial charge is 0.326 e. The third kappa shape index (κ3) is 10.3. The van der Waals surface area contributed by atoms with Gasteiger partial charge in [0, 0.05) is 7.05 Å². The minimum Gasteiger partial charge on any atom is -0.744 e. The Bertz CT molecular complexity index is 574. The van der Waals surface area contributed by atoms with Gasteiger partial charge in [-0.2, -0.15) is 5.01 Å². The van der Waals surface area contributed by atoms with Crippen molar-refractivity contribution in [3.63, 3.8) is 0 Å². The van der Waals surface area contributed by atoms with Crippen molar-refractivity contribution in [2.75, 3.05) is 13.6 Å². The van der Waals surface area contributed by atoms with E-state index in [1.165, 1.54) is 17.1 Å². The van der Waals surface area contributed by atoms with Crippen molar-refractivity contribution in [3.8, 4) is 0 Å². The summed E-state index contributed by atoms with van der Waals surface area (Å²) in [5, 5.41) is 1.54. The molecule has 22 heavy (non-hydrogen) atoms. The number of nitrogens with zero attached hydrogens (tertiary/aromatic N) is 1. The SMILES string of the molecule is CN([NH3+])CC(=O)OC(C)(C)C.Cc1ccc(S(=O)(=O)[O-])cc1. The van der Waals surface area contributed by atoms with Gasteiger partial charge in [-0.1, -0.05) is 17.7 Å². The molecule has 0 bridgehead atoms. The first-order valence-corrected chi connectivity index (χ1v) is 7.98. The lowest BCUT2D eigenvalue weighted by molar-refractivity contribution is -0.563. The number of hydrogen-bond acceptors (Lipinski definition) is 6. The minimum atomic E-state index is -4.27. The molecule has 0 aliphatic heterocycles. The second-order valence-corrected chi connectivity index (χ2v) is 7.25. The number of aryl methyl sites for hydroxylation is 1. The van der Waals surface area contributed by atoms with Gasteiger partial charge in [0.15, 0.2) is 0 Å². The van der Waals surface area contributed by atoms with Gasteiger partial charge >= 0.3 is 5.97 Å². The molecule has 0 saturated heterocycles. The van der Waals surface area contributed by atoms with Crippen molar-refractivity contribution >= 4 is 16.1 Å². The quantitative estimate of drug-likeness (QED) is 0.484. The Hall–Kier alpha value is -1.48. The van der Waals surface area contributed by atoms with E-state index in [-0.39, 0.29) is 17.4 Å². The van der Waals surface area contributed by atoms with Crippen LogP contribution in [0, 0.1) is 6.92 Å². The minimum absolute atomic E-state index is 0.178. The fourth-order valence-electron chi connectivity index (χ4n) is 1.30.